The Morgan fingerprint density at radius 2 is 1.71 bits per heavy atom. The second-order valence-electron chi connectivity index (χ2n) is 9.78. The molecule has 2 aliphatic rings. The monoisotopic (exact) mass is 499 g/mol. The van der Waals surface area contributed by atoms with Crippen molar-refractivity contribution >= 4 is 33.2 Å². The molecule has 1 atom stereocenters. The van der Waals surface area contributed by atoms with Gasteiger partial charge in [-0.05, 0) is 49.6 Å². The summed E-state index contributed by atoms with van der Waals surface area (Å²) in [4.78, 5) is 31.2. The number of cyclic esters (lactones) is 1. The Balaban J connectivity index is 1.58. The van der Waals surface area contributed by atoms with Gasteiger partial charge in [-0.1, -0.05) is 31.5 Å². The van der Waals surface area contributed by atoms with Crippen LogP contribution in [0.1, 0.15) is 35.3 Å². The zero-order valence-corrected chi connectivity index (χ0v) is 21.8. The molecular weight excluding hydrogens is 466 g/mol. The summed E-state index contributed by atoms with van der Waals surface area (Å²) in [7, 11) is -3.72. The average molecular weight is 500 g/mol. The number of hydrogen-bond donors (Lipinski definition) is 0. The molecule has 2 aromatic rings. The zero-order chi connectivity index (χ0) is 25.5. The smallest absolute Gasteiger partial charge is 0.414 e. The molecule has 1 unspecified atom stereocenters. The molecular formula is C26H33N3O5S. The quantitative estimate of drug-likeness (QED) is 0.624. The first-order chi connectivity index (χ1) is 16.5. The topological polar surface area (TPSA) is 87.2 Å². The Morgan fingerprint density at radius 1 is 1.03 bits per heavy atom. The Labute approximate surface area is 207 Å². The molecule has 188 valence electrons. The highest BCUT2D eigenvalue weighted by Crippen LogP contribution is 2.31. The molecule has 2 fully saturated rings. The van der Waals surface area contributed by atoms with Crippen LogP contribution in [0.4, 0.5) is 16.2 Å². The molecule has 0 spiro atoms. The van der Waals surface area contributed by atoms with Gasteiger partial charge in [-0.2, -0.15) is 0 Å². The van der Waals surface area contributed by atoms with Gasteiger partial charge in [0.1, 0.15) is 6.61 Å². The second kappa shape index (κ2) is 9.53. The number of sulfone groups is 1. The number of carbonyl (C=O) groups excluding carboxylic acids is 2. The number of rotatable bonds is 5. The van der Waals surface area contributed by atoms with Crippen molar-refractivity contribution in [3.05, 3.63) is 53.1 Å². The van der Waals surface area contributed by atoms with Crippen LogP contribution in [0.25, 0.3) is 0 Å². The first kappa shape index (κ1) is 25.0. The lowest BCUT2D eigenvalue weighted by Gasteiger charge is -2.37. The van der Waals surface area contributed by atoms with E-state index in [9.17, 15) is 18.0 Å². The summed E-state index contributed by atoms with van der Waals surface area (Å²) in [5.74, 6) is -0.195. The lowest BCUT2D eigenvalue weighted by molar-refractivity contribution is 0.0743. The summed E-state index contributed by atoms with van der Waals surface area (Å²) >= 11 is 0. The zero-order valence-electron chi connectivity index (χ0n) is 20.9. The van der Waals surface area contributed by atoms with Gasteiger partial charge in [0.05, 0.1) is 16.5 Å². The van der Waals surface area contributed by atoms with Crippen molar-refractivity contribution < 1.29 is 22.7 Å². The lowest BCUT2D eigenvalue weighted by atomic mass is 10.0. The number of anilines is 2. The first-order valence-corrected chi connectivity index (χ1v) is 13.8. The largest absolute Gasteiger partial charge is 0.447 e. The highest BCUT2D eigenvalue weighted by Gasteiger charge is 2.37. The summed E-state index contributed by atoms with van der Waals surface area (Å²) in [6, 6.07) is 10.7. The molecule has 0 saturated carbocycles. The molecule has 0 N–H and O–H groups in total. The van der Waals surface area contributed by atoms with Gasteiger partial charge in [0, 0.05) is 43.8 Å². The van der Waals surface area contributed by atoms with Crippen molar-refractivity contribution in [2.45, 2.75) is 38.6 Å². The van der Waals surface area contributed by atoms with Crippen LogP contribution in [0.5, 0.6) is 0 Å². The maximum atomic E-state index is 13.4. The molecule has 35 heavy (non-hydrogen) atoms. The summed E-state index contributed by atoms with van der Waals surface area (Å²) in [6.45, 7) is 10.7. The van der Waals surface area contributed by atoms with E-state index >= 15 is 0 Å². The third kappa shape index (κ3) is 5.00. The van der Waals surface area contributed by atoms with Gasteiger partial charge in [-0.25, -0.2) is 13.2 Å². The molecule has 2 aliphatic heterocycles. The van der Waals surface area contributed by atoms with Crippen LogP contribution >= 0.6 is 0 Å². The van der Waals surface area contributed by atoms with Crippen LogP contribution in [0.3, 0.4) is 0 Å². The van der Waals surface area contributed by atoms with Gasteiger partial charge in [0.15, 0.2) is 9.84 Å². The van der Waals surface area contributed by atoms with Gasteiger partial charge < -0.3 is 14.5 Å². The van der Waals surface area contributed by atoms with E-state index in [1.54, 1.807) is 11.0 Å². The van der Waals surface area contributed by atoms with Gasteiger partial charge >= 0.3 is 6.09 Å². The number of hydrogen-bond acceptors (Lipinski definition) is 6. The Bertz CT molecular complexity index is 1250. The number of benzene rings is 2. The van der Waals surface area contributed by atoms with Crippen LogP contribution in [-0.2, 0) is 14.6 Å². The minimum absolute atomic E-state index is 0.0704. The van der Waals surface area contributed by atoms with Gasteiger partial charge in [-0.15, -0.1) is 0 Å². The van der Waals surface area contributed by atoms with E-state index in [-0.39, 0.29) is 34.9 Å². The minimum Gasteiger partial charge on any atom is -0.447 e. The molecule has 0 radical (unpaired) electrons. The number of carbonyl (C=O) groups is 2. The average Bonchev–Trinajstić information content (AvgIpc) is 3.19. The molecule has 9 heteroatoms. The predicted molar refractivity (Wildman–Crippen MR) is 136 cm³/mol. The van der Waals surface area contributed by atoms with Crippen molar-refractivity contribution in [1.82, 2.24) is 4.90 Å². The van der Waals surface area contributed by atoms with E-state index in [1.165, 1.54) is 28.2 Å². The fourth-order valence-corrected chi connectivity index (χ4v) is 5.74. The van der Waals surface area contributed by atoms with Gasteiger partial charge in [0.2, 0.25) is 0 Å². The molecule has 2 amide bonds. The molecule has 0 aromatic heterocycles. The lowest BCUT2D eigenvalue weighted by Crippen LogP contribution is -2.49. The fourth-order valence-electron chi connectivity index (χ4n) is 4.85. The number of amides is 2. The summed E-state index contributed by atoms with van der Waals surface area (Å²) in [5, 5.41) is 0. The molecule has 0 aliphatic carbocycles. The van der Waals surface area contributed by atoms with Crippen molar-refractivity contribution in [3.8, 4) is 0 Å². The van der Waals surface area contributed by atoms with Crippen molar-refractivity contribution in [2.24, 2.45) is 5.92 Å². The van der Waals surface area contributed by atoms with E-state index in [4.69, 9.17) is 4.74 Å². The molecule has 2 aromatic carbocycles. The molecule has 4 rings (SSSR count). The molecule has 8 nitrogen and oxygen atoms in total. The normalized spacial score (nSPS) is 18.9. The van der Waals surface area contributed by atoms with Gasteiger partial charge in [0.25, 0.3) is 5.91 Å². The van der Waals surface area contributed by atoms with Crippen molar-refractivity contribution in [1.29, 1.82) is 0 Å². The Hall–Kier alpha value is -3.07. The molecule has 0 bridgehead atoms. The summed E-state index contributed by atoms with van der Waals surface area (Å²) < 4.78 is 30.6. The maximum Gasteiger partial charge on any atom is 0.414 e. The summed E-state index contributed by atoms with van der Waals surface area (Å²) in [6.07, 6.45) is 0.577. The maximum absolute atomic E-state index is 13.4. The molecule has 2 saturated heterocycles. The predicted octanol–water partition coefficient (Wildman–Crippen LogP) is 3.65. The van der Waals surface area contributed by atoms with E-state index in [1.807, 2.05) is 13.8 Å². The van der Waals surface area contributed by atoms with Gasteiger partial charge in [-0.3, -0.25) is 9.69 Å². The van der Waals surface area contributed by atoms with E-state index in [2.05, 4.69) is 36.9 Å². The highest BCUT2D eigenvalue weighted by molar-refractivity contribution is 7.90. The third-order valence-corrected chi connectivity index (χ3v) is 7.95. The number of nitrogens with zero attached hydrogens (tertiary/aromatic N) is 3. The van der Waals surface area contributed by atoms with Crippen LogP contribution in [-0.4, -0.2) is 70.4 Å². The van der Waals surface area contributed by atoms with E-state index in [0.717, 1.165) is 11.9 Å². The van der Waals surface area contributed by atoms with Crippen molar-refractivity contribution in [3.63, 3.8) is 0 Å². The van der Waals surface area contributed by atoms with Crippen molar-refractivity contribution in [2.75, 3.05) is 48.8 Å². The van der Waals surface area contributed by atoms with Crippen LogP contribution in [0, 0.1) is 19.8 Å². The third-order valence-electron chi connectivity index (χ3n) is 6.81. The Kier molecular flexibility index (Phi) is 6.81. The number of piperazine rings is 1. The molecule has 2 heterocycles. The minimum atomic E-state index is -3.72. The number of aryl methyl sites for hydroxylation is 2. The highest BCUT2D eigenvalue weighted by atomic mass is 32.2. The van der Waals surface area contributed by atoms with E-state index < -0.39 is 15.9 Å². The second-order valence-corrected chi connectivity index (χ2v) is 11.8. The number of ether oxygens (including phenoxy) is 1. The Morgan fingerprint density at radius 3 is 2.31 bits per heavy atom. The standard InChI is InChI=1S/C26H33N3O5S/c1-17(2)23-16-34-26(31)29(23)20-7-8-21(24(15-20)35(5,32)33)25(30)28-12-10-27(11-13-28)22-9-6-18(3)14-19(22)4/h6-9,14-15,17,23H,10-13,16H2,1-5H3. The van der Waals surface area contributed by atoms with E-state index in [0.29, 0.717) is 31.9 Å². The summed E-state index contributed by atoms with van der Waals surface area (Å²) in [5.41, 5.74) is 4.10. The first-order valence-electron chi connectivity index (χ1n) is 11.9. The fraction of sp³-hybridized carbons (Fsp3) is 0.462. The van der Waals surface area contributed by atoms with Crippen LogP contribution in [0.15, 0.2) is 41.3 Å². The van der Waals surface area contributed by atoms with Crippen LogP contribution in [0.2, 0.25) is 0 Å². The SMILES string of the molecule is Cc1ccc(N2CCN(C(=O)c3ccc(N4C(=O)OCC4C(C)C)cc3S(C)(=O)=O)CC2)c(C)c1. The van der Waals surface area contributed by atoms with Crippen LogP contribution < -0.4 is 9.80 Å².